The maximum atomic E-state index is 12.6. The molecule has 1 aliphatic rings. The van der Waals surface area contributed by atoms with Crippen LogP contribution in [0.15, 0.2) is 46.8 Å². The summed E-state index contributed by atoms with van der Waals surface area (Å²) in [4.78, 5) is 15.6. The maximum absolute atomic E-state index is 12.6. The normalized spacial score (nSPS) is 16.9. The van der Waals surface area contributed by atoms with Crippen molar-refractivity contribution in [2.45, 2.75) is 6.92 Å². The van der Waals surface area contributed by atoms with E-state index in [0.717, 1.165) is 22.9 Å². The number of thioether (sulfide) groups is 1. The summed E-state index contributed by atoms with van der Waals surface area (Å²) in [5, 5.41) is 3.11. The van der Waals surface area contributed by atoms with Crippen molar-refractivity contribution in [2.24, 2.45) is 0 Å². The van der Waals surface area contributed by atoms with E-state index in [1.54, 1.807) is 23.1 Å². The molecule has 0 saturated carbocycles. The molecule has 1 aromatic heterocycles. The van der Waals surface area contributed by atoms with Crippen LogP contribution in [-0.4, -0.2) is 23.1 Å². The summed E-state index contributed by atoms with van der Waals surface area (Å²) >= 11 is 3.44. The Morgan fingerprint density at radius 2 is 2.05 bits per heavy atom. The first-order valence-corrected chi connectivity index (χ1v) is 8.37. The van der Waals surface area contributed by atoms with E-state index in [1.165, 1.54) is 10.4 Å². The molecule has 1 aliphatic heterocycles. The highest BCUT2D eigenvalue weighted by Gasteiger charge is 2.25. The monoisotopic (exact) mass is 301 g/mol. The Balaban J connectivity index is 1.85. The molecule has 20 heavy (non-hydrogen) atoms. The second-order valence-electron chi connectivity index (χ2n) is 4.67. The highest BCUT2D eigenvalue weighted by Crippen LogP contribution is 2.32. The van der Waals surface area contributed by atoms with Gasteiger partial charge in [-0.1, -0.05) is 23.8 Å². The van der Waals surface area contributed by atoms with Gasteiger partial charge in [0.05, 0.1) is 5.03 Å². The van der Waals surface area contributed by atoms with Gasteiger partial charge in [-0.2, -0.15) is 0 Å². The van der Waals surface area contributed by atoms with Gasteiger partial charge in [0, 0.05) is 22.7 Å². The number of amides is 1. The fourth-order valence-electron chi connectivity index (χ4n) is 2.10. The molecule has 0 N–H and O–H groups in total. The predicted molar refractivity (Wildman–Crippen MR) is 87.0 cm³/mol. The molecule has 0 radical (unpaired) electrons. The van der Waals surface area contributed by atoms with E-state index in [9.17, 15) is 4.79 Å². The van der Waals surface area contributed by atoms with Crippen LogP contribution >= 0.6 is 23.1 Å². The molecular formula is C16H15NOS2. The van der Waals surface area contributed by atoms with E-state index in [0.29, 0.717) is 0 Å². The van der Waals surface area contributed by atoms with Crippen LogP contribution in [0.3, 0.4) is 0 Å². The molecule has 1 amide bonds. The molecule has 1 fully saturated rings. The third-order valence-corrected chi connectivity index (χ3v) is 5.02. The van der Waals surface area contributed by atoms with Gasteiger partial charge in [0.1, 0.15) is 0 Å². The van der Waals surface area contributed by atoms with Gasteiger partial charge in [-0.05, 0) is 36.6 Å². The second-order valence-corrected chi connectivity index (χ2v) is 6.76. The molecule has 1 saturated heterocycles. The minimum atomic E-state index is 0.0952. The molecule has 0 atom stereocenters. The molecule has 0 aliphatic carbocycles. The molecule has 2 heterocycles. The van der Waals surface area contributed by atoms with Crippen LogP contribution in [0.25, 0.3) is 6.08 Å². The summed E-state index contributed by atoms with van der Waals surface area (Å²) in [5.41, 5.74) is 1.93. The Morgan fingerprint density at radius 3 is 2.75 bits per heavy atom. The predicted octanol–water partition coefficient (Wildman–Crippen LogP) is 4.24. The van der Waals surface area contributed by atoms with Crippen molar-refractivity contribution >= 4 is 35.1 Å². The van der Waals surface area contributed by atoms with Crippen molar-refractivity contribution in [3.8, 4) is 0 Å². The molecule has 2 aromatic rings. The van der Waals surface area contributed by atoms with Gasteiger partial charge >= 0.3 is 0 Å². The van der Waals surface area contributed by atoms with Gasteiger partial charge in [-0.3, -0.25) is 4.79 Å². The van der Waals surface area contributed by atoms with Crippen LogP contribution in [-0.2, 0) is 0 Å². The molecule has 0 unspecified atom stereocenters. The number of carbonyl (C=O) groups excluding carboxylic acids is 1. The van der Waals surface area contributed by atoms with Crippen LogP contribution in [0.4, 0.5) is 0 Å². The van der Waals surface area contributed by atoms with Gasteiger partial charge in [-0.25, -0.2) is 0 Å². The molecule has 102 valence electrons. The topological polar surface area (TPSA) is 20.3 Å². The highest BCUT2D eigenvalue weighted by atomic mass is 32.2. The summed E-state index contributed by atoms with van der Waals surface area (Å²) in [6.07, 6.45) is 2.11. The van der Waals surface area contributed by atoms with Crippen molar-refractivity contribution in [3.63, 3.8) is 0 Å². The Hall–Kier alpha value is -1.52. The van der Waals surface area contributed by atoms with Gasteiger partial charge in [0.25, 0.3) is 5.91 Å². The van der Waals surface area contributed by atoms with Gasteiger partial charge < -0.3 is 4.90 Å². The van der Waals surface area contributed by atoms with Gasteiger partial charge in [-0.15, -0.1) is 23.1 Å². The first-order chi connectivity index (χ1) is 9.74. The number of carbonyl (C=O) groups is 1. The molecule has 2 nitrogen and oxygen atoms in total. The SMILES string of the molecule is Cc1ccc(C(=O)N2CCS/C2=C/c2cccs2)cc1. The van der Waals surface area contributed by atoms with E-state index in [-0.39, 0.29) is 5.91 Å². The van der Waals surface area contributed by atoms with Crippen LogP contribution in [0, 0.1) is 6.92 Å². The lowest BCUT2D eigenvalue weighted by Gasteiger charge is -2.17. The number of thiophene rings is 1. The largest absolute Gasteiger partial charge is 0.302 e. The zero-order valence-electron chi connectivity index (χ0n) is 11.2. The number of hydrogen-bond donors (Lipinski definition) is 0. The fraction of sp³-hybridized carbons (Fsp3) is 0.188. The first kappa shape index (κ1) is 13.5. The van der Waals surface area contributed by atoms with E-state index >= 15 is 0 Å². The van der Waals surface area contributed by atoms with Crippen molar-refractivity contribution < 1.29 is 4.79 Å². The number of nitrogens with zero attached hydrogens (tertiary/aromatic N) is 1. The minimum Gasteiger partial charge on any atom is -0.302 e. The summed E-state index contributed by atoms with van der Waals surface area (Å²) in [6, 6.07) is 11.9. The Bertz CT molecular complexity index is 629. The first-order valence-electron chi connectivity index (χ1n) is 6.50. The molecule has 0 bridgehead atoms. The van der Waals surface area contributed by atoms with Crippen LogP contribution in [0.5, 0.6) is 0 Å². The molecule has 3 rings (SSSR count). The average molecular weight is 301 g/mol. The van der Waals surface area contributed by atoms with Crippen molar-refractivity contribution in [1.29, 1.82) is 0 Å². The number of hydrogen-bond acceptors (Lipinski definition) is 3. The number of aryl methyl sites for hydroxylation is 1. The van der Waals surface area contributed by atoms with Crippen LogP contribution < -0.4 is 0 Å². The summed E-state index contributed by atoms with van der Waals surface area (Å²) in [7, 11) is 0. The zero-order valence-corrected chi connectivity index (χ0v) is 12.8. The number of benzene rings is 1. The minimum absolute atomic E-state index is 0.0952. The van der Waals surface area contributed by atoms with Gasteiger partial charge in [0.2, 0.25) is 0 Å². The third-order valence-electron chi connectivity index (χ3n) is 3.18. The van der Waals surface area contributed by atoms with E-state index in [4.69, 9.17) is 0 Å². The third kappa shape index (κ3) is 2.81. The lowest BCUT2D eigenvalue weighted by Crippen LogP contribution is -2.26. The molecular weight excluding hydrogens is 286 g/mol. The van der Waals surface area contributed by atoms with E-state index in [2.05, 4.69) is 17.5 Å². The standard InChI is InChI=1S/C16H15NOS2/c1-12-4-6-13(7-5-12)16(18)17-8-10-20-15(17)11-14-3-2-9-19-14/h2-7,9,11H,8,10H2,1H3/b15-11+. The van der Waals surface area contributed by atoms with Gasteiger partial charge in [0.15, 0.2) is 0 Å². The fourth-order valence-corrected chi connectivity index (χ4v) is 3.85. The average Bonchev–Trinajstić information content (AvgIpc) is 3.11. The van der Waals surface area contributed by atoms with E-state index in [1.807, 2.05) is 42.2 Å². The highest BCUT2D eigenvalue weighted by molar-refractivity contribution is 8.03. The summed E-state index contributed by atoms with van der Waals surface area (Å²) in [6.45, 7) is 2.82. The Morgan fingerprint density at radius 1 is 1.25 bits per heavy atom. The maximum Gasteiger partial charge on any atom is 0.258 e. The van der Waals surface area contributed by atoms with Crippen LogP contribution in [0.2, 0.25) is 0 Å². The van der Waals surface area contributed by atoms with Crippen LogP contribution in [0.1, 0.15) is 20.8 Å². The van der Waals surface area contributed by atoms with Crippen molar-refractivity contribution in [2.75, 3.05) is 12.3 Å². The summed E-state index contributed by atoms with van der Waals surface area (Å²) < 4.78 is 0. The quantitative estimate of drug-likeness (QED) is 0.826. The Kier molecular flexibility index (Phi) is 3.94. The molecule has 1 aromatic carbocycles. The molecule has 4 heteroatoms. The second kappa shape index (κ2) is 5.85. The zero-order chi connectivity index (χ0) is 13.9. The lowest BCUT2D eigenvalue weighted by atomic mass is 10.1. The Labute approximate surface area is 127 Å². The molecule has 0 spiro atoms. The lowest BCUT2D eigenvalue weighted by molar-refractivity contribution is 0.0831. The van der Waals surface area contributed by atoms with Crippen molar-refractivity contribution in [3.05, 3.63) is 62.8 Å². The summed E-state index contributed by atoms with van der Waals surface area (Å²) in [5.74, 6) is 1.06. The van der Waals surface area contributed by atoms with E-state index < -0.39 is 0 Å². The number of rotatable bonds is 2. The smallest absolute Gasteiger partial charge is 0.258 e. The van der Waals surface area contributed by atoms with Crippen molar-refractivity contribution in [1.82, 2.24) is 4.90 Å².